The number of hydrogen-bond donors (Lipinski definition) is 1. The van der Waals surface area contributed by atoms with Crippen LogP contribution in [0.3, 0.4) is 0 Å². The lowest BCUT2D eigenvalue weighted by Gasteiger charge is -2.18. The van der Waals surface area contributed by atoms with Crippen molar-refractivity contribution in [3.05, 3.63) is 109 Å². The maximum absolute atomic E-state index is 12.7. The highest BCUT2D eigenvalue weighted by atomic mass is 35.5. The Morgan fingerprint density at radius 1 is 0.811 bits per heavy atom. The Bertz CT molecular complexity index is 1550. The fourth-order valence-corrected chi connectivity index (χ4v) is 5.24. The predicted molar refractivity (Wildman–Crippen MR) is 144 cm³/mol. The lowest BCUT2D eigenvalue weighted by molar-refractivity contribution is -0.0498. The van der Waals surface area contributed by atoms with Crippen molar-refractivity contribution in [1.29, 1.82) is 0 Å². The van der Waals surface area contributed by atoms with Gasteiger partial charge in [-0.15, -0.1) is 12.4 Å². The number of rotatable bonds is 7. The van der Waals surface area contributed by atoms with Gasteiger partial charge in [0.15, 0.2) is 0 Å². The first kappa shape index (κ1) is 26.1. The molecule has 186 valence electrons. The molecule has 37 heavy (non-hydrogen) atoms. The van der Waals surface area contributed by atoms with Crippen LogP contribution in [0.1, 0.15) is 10.4 Å². The average molecular weight is 536 g/mol. The normalized spacial score (nSPS) is 10.8. The number of nitrogens with zero attached hydrogens (tertiary/aromatic N) is 1. The Morgan fingerprint density at radius 3 is 2.16 bits per heavy atom. The first-order valence-corrected chi connectivity index (χ1v) is 11.9. The number of alkyl halides is 2. The number of carboxylic acids is 1. The topological polar surface area (TPSA) is 59.4 Å². The lowest BCUT2D eigenvalue weighted by Crippen LogP contribution is -2.02. The van der Waals surface area contributed by atoms with Gasteiger partial charge in [-0.3, -0.25) is 0 Å². The molecule has 0 saturated heterocycles. The van der Waals surface area contributed by atoms with E-state index in [0.717, 1.165) is 26.9 Å². The van der Waals surface area contributed by atoms with E-state index in [1.807, 2.05) is 54.6 Å². The second-order valence-electron chi connectivity index (χ2n) is 7.85. The smallest absolute Gasteiger partial charge is 0.387 e. The van der Waals surface area contributed by atoms with Crippen LogP contribution in [0.25, 0.3) is 33.3 Å². The summed E-state index contributed by atoms with van der Waals surface area (Å²) in [7, 11) is 0. The first-order chi connectivity index (χ1) is 17.5. The summed E-state index contributed by atoms with van der Waals surface area (Å²) in [6.07, 6.45) is 0. The van der Waals surface area contributed by atoms with E-state index in [9.17, 15) is 18.7 Å². The molecule has 4 aromatic carbocycles. The maximum atomic E-state index is 12.7. The molecule has 1 N–H and O–H groups in total. The third-order valence-corrected chi connectivity index (χ3v) is 6.77. The summed E-state index contributed by atoms with van der Waals surface area (Å²) in [4.78, 5) is 18.2. The van der Waals surface area contributed by atoms with Gasteiger partial charge in [0.05, 0.1) is 16.8 Å². The molecule has 0 radical (unpaired) electrons. The van der Waals surface area contributed by atoms with Crippen LogP contribution in [0.4, 0.5) is 8.78 Å². The molecule has 0 atom stereocenters. The number of carbonyl (C=O) groups is 1. The number of pyridine rings is 1. The molecule has 1 heterocycles. The SMILES string of the molecule is Cl.O=C(O)c1ccccc1Sc1c(-c2ccc(OC(F)F)cc2)nc2ccccc2c1-c1ccccc1. The van der Waals surface area contributed by atoms with Crippen molar-refractivity contribution in [3.63, 3.8) is 0 Å². The highest BCUT2D eigenvalue weighted by Crippen LogP contribution is 2.46. The van der Waals surface area contributed by atoms with Crippen molar-refractivity contribution in [2.45, 2.75) is 16.4 Å². The minimum atomic E-state index is -2.92. The largest absolute Gasteiger partial charge is 0.478 e. The van der Waals surface area contributed by atoms with Gasteiger partial charge in [0.25, 0.3) is 0 Å². The summed E-state index contributed by atoms with van der Waals surface area (Å²) in [6.45, 7) is -2.92. The van der Waals surface area contributed by atoms with Crippen LogP contribution in [-0.4, -0.2) is 22.7 Å². The molecular weight excluding hydrogens is 516 g/mol. The van der Waals surface area contributed by atoms with Crippen molar-refractivity contribution in [2.24, 2.45) is 0 Å². The molecule has 5 rings (SSSR count). The van der Waals surface area contributed by atoms with E-state index in [1.54, 1.807) is 36.4 Å². The van der Waals surface area contributed by atoms with Gasteiger partial charge in [-0.05, 0) is 48.0 Å². The van der Waals surface area contributed by atoms with Crippen LogP contribution in [0.5, 0.6) is 5.75 Å². The zero-order chi connectivity index (χ0) is 25.1. The average Bonchev–Trinajstić information content (AvgIpc) is 2.89. The first-order valence-electron chi connectivity index (χ1n) is 11.0. The molecule has 4 nitrogen and oxygen atoms in total. The number of halogens is 3. The summed E-state index contributed by atoms with van der Waals surface area (Å²) in [5.41, 5.74) is 4.10. The van der Waals surface area contributed by atoms with Gasteiger partial charge in [-0.25, -0.2) is 9.78 Å². The van der Waals surface area contributed by atoms with Crippen molar-refractivity contribution in [2.75, 3.05) is 0 Å². The summed E-state index contributed by atoms with van der Waals surface area (Å²) >= 11 is 1.32. The molecule has 0 spiro atoms. The summed E-state index contributed by atoms with van der Waals surface area (Å²) in [5.74, 6) is -0.980. The minimum absolute atomic E-state index is 0. The third-order valence-electron chi connectivity index (χ3n) is 5.59. The van der Waals surface area contributed by atoms with Gasteiger partial charge in [0.2, 0.25) is 0 Å². The van der Waals surface area contributed by atoms with Crippen LogP contribution < -0.4 is 4.74 Å². The Balaban J connectivity index is 0.00000320. The van der Waals surface area contributed by atoms with E-state index in [2.05, 4.69) is 4.74 Å². The quantitative estimate of drug-likeness (QED) is 0.226. The molecule has 0 aliphatic heterocycles. The Labute approximate surface area is 222 Å². The van der Waals surface area contributed by atoms with Crippen molar-refractivity contribution in [1.82, 2.24) is 4.98 Å². The Kier molecular flexibility index (Phi) is 8.06. The fraction of sp³-hybridized carbons (Fsp3) is 0.0345. The summed E-state index contributed by atoms with van der Waals surface area (Å²) in [5, 5.41) is 10.7. The van der Waals surface area contributed by atoms with Crippen LogP contribution in [0.2, 0.25) is 0 Å². The molecular formula is C29H20ClF2NO3S. The number of para-hydroxylation sites is 1. The fourth-order valence-electron chi connectivity index (χ4n) is 4.02. The second-order valence-corrected chi connectivity index (χ2v) is 8.91. The lowest BCUT2D eigenvalue weighted by atomic mass is 9.98. The monoisotopic (exact) mass is 535 g/mol. The molecule has 5 aromatic rings. The molecule has 0 saturated carbocycles. The number of ether oxygens (including phenoxy) is 1. The molecule has 0 aliphatic carbocycles. The van der Waals surface area contributed by atoms with Crippen LogP contribution >= 0.6 is 24.2 Å². The van der Waals surface area contributed by atoms with E-state index in [0.29, 0.717) is 16.2 Å². The van der Waals surface area contributed by atoms with Crippen molar-refractivity contribution < 1.29 is 23.4 Å². The summed E-state index contributed by atoms with van der Waals surface area (Å²) in [6, 6.07) is 30.7. The van der Waals surface area contributed by atoms with Gasteiger partial charge < -0.3 is 9.84 Å². The number of benzene rings is 4. The number of hydrogen-bond acceptors (Lipinski definition) is 4. The van der Waals surface area contributed by atoms with E-state index >= 15 is 0 Å². The second kappa shape index (κ2) is 11.4. The molecule has 0 unspecified atom stereocenters. The molecule has 0 aliphatic rings. The number of fused-ring (bicyclic) bond motifs is 1. The van der Waals surface area contributed by atoms with Gasteiger partial charge in [-0.1, -0.05) is 72.4 Å². The number of carboxylic acid groups (broad SMARTS) is 1. The standard InChI is InChI=1S/C29H19F2NO3S.ClH/c30-29(31)35-20-16-14-19(15-17-20)26-27(36-24-13-7-5-11-22(24)28(33)34)25(18-8-2-1-3-9-18)21-10-4-6-12-23(21)32-26;/h1-17,29H,(H,33,34);1H. The Morgan fingerprint density at radius 2 is 1.46 bits per heavy atom. The van der Waals surface area contributed by atoms with Gasteiger partial charge in [0, 0.05) is 26.3 Å². The van der Waals surface area contributed by atoms with E-state index in [1.165, 1.54) is 23.9 Å². The summed E-state index contributed by atoms with van der Waals surface area (Å²) < 4.78 is 29.9. The number of aromatic nitrogens is 1. The molecule has 0 amide bonds. The number of aromatic carboxylic acids is 1. The van der Waals surface area contributed by atoms with Crippen LogP contribution in [-0.2, 0) is 0 Å². The van der Waals surface area contributed by atoms with Gasteiger partial charge in [-0.2, -0.15) is 8.78 Å². The van der Waals surface area contributed by atoms with E-state index < -0.39 is 12.6 Å². The molecule has 0 bridgehead atoms. The van der Waals surface area contributed by atoms with Crippen LogP contribution in [0.15, 0.2) is 113 Å². The van der Waals surface area contributed by atoms with Crippen LogP contribution in [0, 0.1) is 0 Å². The third kappa shape index (κ3) is 5.58. The Hall–Kier alpha value is -3.94. The van der Waals surface area contributed by atoms with Gasteiger partial charge >= 0.3 is 12.6 Å². The highest BCUT2D eigenvalue weighted by Gasteiger charge is 2.21. The minimum Gasteiger partial charge on any atom is -0.478 e. The molecule has 0 fully saturated rings. The maximum Gasteiger partial charge on any atom is 0.387 e. The zero-order valence-electron chi connectivity index (χ0n) is 19.2. The van der Waals surface area contributed by atoms with Crippen molar-refractivity contribution >= 4 is 41.0 Å². The van der Waals surface area contributed by atoms with E-state index in [4.69, 9.17) is 4.98 Å². The zero-order valence-corrected chi connectivity index (χ0v) is 20.8. The molecule has 8 heteroatoms. The molecule has 1 aromatic heterocycles. The van der Waals surface area contributed by atoms with Crippen molar-refractivity contribution in [3.8, 4) is 28.1 Å². The van der Waals surface area contributed by atoms with E-state index in [-0.39, 0.29) is 23.7 Å². The highest BCUT2D eigenvalue weighted by molar-refractivity contribution is 7.99. The van der Waals surface area contributed by atoms with Gasteiger partial charge in [0.1, 0.15) is 5.75 Å². The predicted octanol–water partition coefficient (Wildman–Crippen LogP) is 8.44.